The molecule has 0 fully saturated rings. The molecule has 0 aromatic heterocycles. The Morgan fingerprint density at radius 3 is 2.00 bits per heavy atom. The highest BCUT2D eigenvalue weighted by Crippen LogP contribution is 2.36. The molecule has 106 valence electrons. The normalized spacial score (nSPS) is 11.5. The molecule has 2 aromatic rings. The van der Waals surface area contributed by atoms with Crippen LogP contribution in [0.4, 0.5) is 22.0 Å². The largest absolute Gasteiger partial charge is 0.450 e. The van der Waals surface area contributed by atoms with E-state index >= 15 is 0 Å². The molecule has 0 aliphatic heterocycles. The third-order valence-electron chi connectivity index (χ3n) is 2.37. The van der Waals surface area contributed by atoms with E-state index in [9.17, 15) is 22.0 Å². The molecule has 0 spiro atoms. The lowest BCUT2D eigenvalue weighted by molar-refractivity contribution is -0.138. The van der Waals surface area contributed by atoms with Crippen molar-refractivity contribution in [2.45, 2.75) is 6.18 Å². The van der Waals surface area contributed by atoms with Gasteiger partial charge in [0.2, 0.25) is 0 Å². The van der Waals surface area contributed by atoms with E-state index in [-0.39, 0.29) is 22.9 Å². The quantitative estimate of drug-likeness (QED) is 0.672. The van der Waals surface area contributed by atoms with E-state index in [2.05, 4.69) is 0 Å². The highest BCUT2D eigenvalue weighted by Gasteiger charge is 2.33. The summed E-state index contributed by atoms with van der Waals surface area (Å²) in [5, 5.41) is 0.0752. The molecule has 2 rings (SSSR count). The lowest BCUT2D eigenvalue weighted by Crippen LogP contribution is -2.07. The van der Waals surface area contributed by atoms with Gasteiger partial charge in [-0.15, -0.1) is 0 Å². The van der Waals surface area contributed by atoms with Gasteiger partial charge >= 0.3 is 6.18 Å². The third kappa shape index (κ3) is 3.01. The van der Waals surface area contributed by atoms with Crippen LogP contribution in [0.15, 0.2) is 36.4 Å². The fourth-order valence-electron chi connectivity index (χ4n) is 1.46. The lowest BCUT2D eigenvalue weighted by Gasteiger charge is -2.12. The number of halogens is 6. The molecule has 1 nitrogen and oxygen atoms in total. The molecule has 2 aromatic carbocycles. The van der Waals surface area contributed by atoms with Crippen LogP contribution < -0.4 is 4.74 Å². The Morgan fingerprint density at radius 1 is 0.950 bits per heavy atom. The zero-order valence-corrected chi connectivity index (χ0v) is 10.4. The summed E-state index contributed by atoms with van der Waals surface area (Å²) in [7, 11) is 0. The summed E-state index contributed by atoms with van der Waals surface area (Å²) >= 11 is 5.73. The first-order valence-corrected chi connectivity index (χ1v) is 5.65. The Bertz CT molecular complexity index is 616. The Hall–Kier alpha value is -1.82. The summed E-state index contributed by atoms with van der Waals surface area (Å²) in [5.41, 5.74) is -1.43. The molecule has 0 radical (unpaired) electrons. The van der Waals surface area contributed by atoms with E-state index in [0.717, 1.165) is 0 Å². The van der Waals surface area contributed by atoms with Crippen LogP contribution in [-0.4, -0.2) is 0 Å². The molecule has 20 heavy (non-hydrogen) atoms. The second-order valence-corrected chi connectivity index (χ2v) is 4.21. The number of benzene rings is 2. The Labute approximate surface area is 115 Å². The SMILES string of the molecule is Fc1cc(C(F)(F)F)cc(F)c1Oc1ccccc1Cl. The molecule has 0 unspecified atom stereocenters. The highest BCUT2D eigenvalue weighted by atomic mass is 35.5. The second-order valence-electron chi connectivity index (χ2n) is 3.80. The predicted molar refractivity (Wildman–Crippen MR) is 62.9 cm³/mol. The van der Waals surface area contributed by atoms with Crippen molar-refractivity contribution >= 4 is 11.6 Å². The van der Waals surface area contributed by atoms with Crippen LogP contribution in [-0.2, 0) is 6.18 Å². The van der Waals surface area contributed by atoms with Crippen molar-refractivity contribution in [3.63, 3.8) is 0 Å². The number of para-hydroxylation sites is 1. The van der Waals surface area contributed by atoms with Gasteiger partial charge in [-0.1, -0.05) is 23.7 Å². The van der Waals surface area contributed by atoms with E-state index < -0.39 is 29.1 Å². The fourth-order valence-corrected chi connectivity index (χ4v) is 1.63. The summed E-state index contributed by atoms with van der Waals surface area (Å²) in [4.78, 5) is 0. The van der Waals surface area contributed by atoms with Gasteiger partial charge in [0, 0.05) is 0 Å². The van der Waals surface area contributed by atoms with Gasteiger partial charge in [0.15, 0.2) is 17.4 Å². The van der Waals surface area contributed by atoms with Crippen molar-refractivity contribution in [1.82, 2.24) is 0 Å². The molecule has 0 saturated carbocycles. The van der Waals surface area contributed by atoms with Crippen molar-refractivity contribution in [2.24, 2.45) is 0 Å². The van der Waals surface area contributed by atoms with Crippen LogP contribution in [0.1, 0.15) is 5.56 Å². The van der Waals surface area contributed by atoms with Crippen LogP contribution in [0.3, 0.4) is 0 Å². The monoisotopic (exact) mass is 308 g/mol. The van der Waals surface area contributed by atoms with E-state index in [1.165, 1.54) is 18.2 Å². The van der Waals surface area contributed by atoms with Gasteiger partial charge in [-0.25, -0.2) is 8.78 Å². The van der Waals surface area contributed by atoms with Crippen molar-refractivity contribution in [2.75, 3.05) is 0 Å². The van der Waals surface area contributed by atoms with Gasteiger partial charge in [0.05, 0.1) is 10.6 Å². The average molecular weight is 309 g/mol. The maximum absolute atomic E-state index is 13.6. The van der Waals surface area contributed by atoms with Crippen molar-refractivity contribution in [3.05, 3.63) is 58.6 Å². The lowest BCUT2D eigenvalue weighted by atomic mass is 10.2. The second kappa shape index (κ2) is 5.28. The van der Waals surface area contributed by atoms with Crippen molar-refractivity contribution in [1.29, 1.82) is 0 Å². The molecule has 0 bridgehead atoms. The molecule has 0 amide bonds. The molecular weight excluding hydrogens is 303 g/mol. The maximum atomic E-state index is 13.6. The van der Waals surface area contributed by atoms with Gasteiger partial charge < -0.3 is 4.74 Å². The third-order valence-corrected chi connectivity index (χ3v) is 2.69. The molecule has 0 N–H and O–H groups in total. The first-order valence-electron chi connectivity index (χ1n) is 5.27. The Morgan fingerprint density at radius 2 is 1.50 bits per heavy atom. The van der Waals surface area contributed by atoms with Crippen LogP contribution in [0.5, 0.6) is 11.5 Å². The number of rotatable bonds is 2. The molecule has 0 heterocycles. The van der Waals surface area contributed by atoms with E-state index in [0.29, 0.717) is 0 Å². The van der Waals surface area contributed by atoms with Gasteiger partial charge in [0.1, 0.15) is 5.75 Å². The summed E-state index contributed by atoms with van der Waals surface area (Å²) in [5.74, 6) is -3.92. The molecule has 0 aliphatic carbocycles. The summed E-state index contributed by atoms with van der Waals surface area (Å²) in [6, 6.07) is 6.13. The summed E-state index contributed by atoms with van der Waals surface area (Å²) in [6.07, 6.45) is -4.84. The summed E-state index contributed by atoms with van der Waals surface area (Å²) < 4.78 is 69.1. The minimum Gasteiger partial charge on any atom is -0.450 e. The zero-order valence-electron chi connectivity index (χ0n) is 9.64. The smallest absolute Gasteiger partial charge is 0.416 e. The summed E-state index contributed by atoms with van der Waals surface area (Å²) in [6.45, 7) is 0. The highest BCUT2D eigenvalue weighted by molar-refractivity contribution is 6.32. The first-order chi connectivity index (χ1) is 9.29. The Kier molecular flexibility index (Phi) is 3.85. The van der Waals surface area contributed by atoms with Gasteiger partial charge in [-0.3, -0.25) is 0 Å². The minimum atomic E-state index is -4.84. The number of hydrogen-bond donors (Lipinski definition) is 0. The van der Waals surface area contributed by atoms with Crippen molar-refractivity contribution < 1.29 is 26.7 Å². The molecule has 0 atom stereocenters. The Balaban J connectivity index is 2.42. The van der Waals surface area contributed by atoms with Crippen LogP contribution in [0.2, 0.25) is 5.02 Å². The molecular formula is C13H6ClF5O. The number of ether oxygens (including phenoxy) is 1. The molecule has 0 saturated heterocycles. The van der Waals surface area contributed by atoms with Crippen molar-refractivity contribution in [3.8, 4) is 11.5 Å². The molecule has 0 aliphatic rings. The predicted octanol–water partition coefficient (Wildman–Crippen LogP) is 5.43. The van der Waals surface area contributed by atoms with E-state index in [1.54, 1.807) is 6.07 Å². The number of hydrogen-bond acceptors (Lipinski definition) is 1. The number of alkyl halides is 3. The van der Waals surface area contributed by atoms with Gasteiger partial charge in [-0.05, 0) is 24.3 Å². The fraction of sp³-hybridized carbons (Fsp3) is 0.0769. The van der Waals surface area contributed by atoms with E-state index in [4.69, 9.17) is 16.3 Å². The molecule has 7 heteroatoms. The average Bonchev–Trinajstić information content (AvgIpc) is 2.34. The zero-order chi connectivity index (χ0) is 14.9. The minimum absolute atomic E-state index is 0.0632. The van der Waals surface area contributed by atoms with Gasteiger partial charge in [0.25, 0.3) is 0 Å². The van der Waals surface area contributed by atoms with Crippen LogP contribution >= 0.6 is 11.6 Å². The van der Waals surface area contributed by atoms with E-state index in [1.807, 2.05) is 0 Å². The first kappa shape index (κ1) is 14.6. The van der Waals surface area contributed by atoms with Gasteiger partial charge in [-0.2, -0.15) is 13.2 Å². The standard InChI is InChI=1S/C13H6ClF5O/c14-8-3-1-2-4-11(8)20-12-9(15)5-7(6-10(12)16)13(17,18)19/h1-6H. The van der Waals surface area contributed by atoms with Crippen LogP contribution in [0, 0.1) is 11.6 Å². The maximum Gasteiger partial charge on any atom is 0.416 e. The topological polar surface area (TPSA) is 9.23 Å². The van der Waals surface area contributed by atoms with Crippen LogP contribution in [0.25, 0.3) is 0 Å².